The quantitative estimate of drug-likeness (QED) is 0.848. The molecule has 1 aromatic carbocycles. The van der Waals surface area contributed by atoms with Gasteiger partial charge in [-0.15, -0.1) is 11.3 Å². The highest BCUT2D eigenvalue weighted by molar-refractivity contribution is 9.10. The first-order valence-electron chi connectivity index (χ1n) is 5.37. The van der Waals surface area contributed by atoms with E-state index >= 15 is 0 Å². The topological polar surface area (TPSA) is 68.0 Å². The van der Waals surface area contributed by atoms with Crippen molar-refractivity contribution >= 4 is 38.9 Å². The van der Waals surface area contributed by atoms with Crippen molar-refractivity contribution in [1.82, 2.24) is 10.3 Å². The molecule has 94 valence electrons. The lowest BCUT2D eigenvalue weighted by atomic mass is 10.1. The summed E-state index contributed by atoms with van der Waals surface area (Å²) in [6, 6.07) is 5.23. The van der Waals surface area contributed by atoms with Gasteiger partial charge in [-0.05, 0) is 18.2 Å². The van der Waals surface area contributed by atoms with E-state index in [0.29, 0.717) is 17.8 Å². The molecule has 2 rings (SSSR count). The second-order valence-electron chi connectivity index (χ2n) is 3.72. The fourth-order valence-corrected chi connectivity index (χ4v) is 2.44. The van der Waals surface area contributed by atoms with Crippen LogP contribution in [0.2, 0.25) is 0 Å². The molecule has 0 aliphatic carbocycles. The molecule has 0 spiro atoms. The van der Waals surface area contributed by atoms with Gasteiger partial charge >= 0.3 is 0 Å². The number of thiazole rings is 1. The fraction of sp³-hybridized carbons (Fsp3) is 0.167. The number of amides is 1. The molecule has 0 bridgehead atoms. The summed E-state index contributed by atoms with van der Waals surface area (Å²) in [5.74, 6) is -0.163. The summed E-state index contributed by atoms with van der Waals surface area (Å²) in [7, 11) is 0. The van der Waals surface area contributed by atoms with Gasteiger partial charge in [0, 0.05) is 28.5 Å². The predicted molar refractivity (Wildman–Crippen MR) is 76.7 cm³/mol. The molecule has 1 amide bonds. The van der Waals surface area contributed by atoms with Crippen LogP contribution >= 0.6 is 27.3 Å². The predicted octanol–water partition coefficient (Wildman–Crippen LogP) is 2.46. The van der Waals surface area contributed by atoms with Crippen molar-refractivity contribution in [3.8, 4) is 0 Å². The minimum atomic E-state index is -0.163. The molecule has 6 heteroatoms. The third-order valence-corrected chi connectivity index (χ3v) is 3.54. The highest BCUT2D eigenvalue weighted by atomic mass is 79.9. The highest BCUT2D eigenvalue weighted by Crippen LogP contribution is 2.18. The highest BCUT2D eigenvalue weighted by Gasteiger charge is 2.09. The van der Waals surface area contributed by atoms with Crippen LogP contribution in [0.3, 0.4) is 0 Å². The van der Waals surface area contributed by atoms with Crippen LogP contribution in [0, 0.1) is 0 Å². The van der Waals surface area contributed by atoms with E-state index in [0.717, 1.165) is 16.6 Å². The monoisotopic (exact) mass is 325 g/mol. The summed E-state index contributed by atoms with van der Waals surface area (Å²) in [5.41, 5.74) is 9.50. The van der Waals surface area contributed by atoms with Crippen LogP contribution in [0.5, 0.6) is 0 Å². The molecule has 0 saturated heterocycles. The van der Waals surface area contributed by atoms with Gasteiger partial charge in [0.05, 0.1) is 16.8 Å². The average Bonchev–Trinajstić information content (AvgIpc) is 2.85. The number of rotatable bonds is 4. The molecule has 4 nitrogen and oxygen atoms in total. The number of hydrogen-bond acceptors (Lipinski definition) is 4. The van der Waals surface area contributed by atoms with Gasteiger partial charge in [0.2, 0.25) is 0 Å². The number of nitrogens with two attached hydrogens (primary N) is 1. The van der Waals surface area contributed by atoms with E-state index in [4.69, 9.17) is 5.73 Å². The third-order valence-electron chi connectivity index (χ3n) is 2.41. The number of nitrogen functional groups attached to an aromatic ring is 1. The Morgan fingerprint density at radius 3 is 3.06 bits per heavy atom. The standard InChI is InChI=1S/C12H12BrN3OS/c13-8-1-2-11(14)10(5-8)12(17)15-4-3-9-6-18-7-16-9/h1-2,5-7H,3-4,14H2,(H,15,17). The maximum Gasteiger partial charge on any atom is 0.253 e. The Bertz CT molecular complexity index is 542. The molecule has 1 aromatic heterocycles. The first-order chi connectivity index (χ1) is 8.66. The van der Waals surface area contributed by atoms with Crippen LogP contribution in [-0.4, -0.2) is 17.4 Å². The van der Waals surface area contributed by atoms with Gasteiger partial charge in [-0.2, -0.15) is 0 Å². The van der Waals surface area contributed by atoms with Crippen LogP contribution < -0.4 is 11.1 Å². The normalized spacial score (nSPS) is 10.3. The second-order valence-corrected chi connectivity index (χ2v) is 5.35. The number of benzene rings is 1. The van der Waals surface area contributed by atoms with Crippen LogP contribution in [0.25, 0.3) is 0 Å². The van der Waals surface area contributed by atoms with E-state index in [1.165, 1.54) is 0 Å². The number of nitrogens with zero attached hydrogens (tertiary/aromatic N) is 1. The zero-order valence-corrected chi connectivity index (χ0v) is 11.9. The van der Waals surface area contributed by atoms with Gasteiger partial charge in [-0.3, -0.25) is 4.79 Å². The number of nitrogens with one attached hydrogen (secondary N) is 1. The van der Waals surface area contributed by atoms with E-state index in [9.17, 15) is 4.79 Å². The summed E-state index contributed by atoms with van der Waals surface area (Å²) in [6.07, 6.45) is 0.725. The number of aromatic nitrogens is 1. The van der Waals surface area contributed by atoms with E-state index in [2.05, 4.69) is 26.2 Å². The number of hydrogen-bond donors (Lipinski definition) is 2. The molecule has 0 radical (unpaired) electrons. The molecule has 0 atom stereocenters. The van der Waals surface area contributed by atoms with Crippen molar-refractivity contribution < 1.29 is 4.79 Å². The van der Waals surface area contributed by atoms with Gasteiger partial charge in [-0.25, -0.2) is 4.98 Å². The summed E-state index contributed by atoms with van der Waals surface area (Å²) in [4.78, 5) is 16.1. The number of carbonyl (C=O) groups excluding carboxylic acids is 1. The van der Waals surface area contributed by atoms with E-state index in [1.54, 1.807) is 35.0 Å². The van der Waals surface area contributed by atoms with Crippen LogP contribution in [-0.2, 0) is 6.42 Å². The SMILES string of the molecule is Nc1ccc(Br)cc1C(=O)NCCc1cscn1. The Hall–Kier alpha value is -1.40. The summed E-state index contributed by atoms with van der Waals surface area (Å²) in [6.45, 7) is 0.550. The molecule has 2 aromatic rings. The van der Waals surface area contributed by atoms with Gasteiger partial charge in [0.1, 0.15) is 0 Å². The van der Waals surface area contributed by atoms with Crippen LogP contribution in [0.4, 0.5) is 5.69 Å². The Morgan fingerprint density at radius 2 is 2.33 bits per heavy atom. The van der Waals surface area contributed by atoms with E-state index < -0.39 is 0 Å². The molecular weight excluding hydrogens is 314 g/mol. The molecule has 0 unspecified atom stereocenters. The number of anilines is 1. The van der Waals surface area contributed by atoms with Crippen molar-refractivity contribution in [3.63, 3.8) is 0 Å². The second kappa shape index (κ2) is 5.97. The maximum atomic E-state index is 11.9. The molecule has 0 aliphatic heterocycles. The first-order valence-corrected chi connectivity index (χ1v) is 7.10. The van der Waals surface area contributed by atoms with Crippen LogP contribution in [0.1, 0.15) is 16.1 Å². The summed E-state index contributed by atoms with van der Waals surface area (Å²) < 4.78 is 0.835. The van der Waals surface area contributed by atoms with Gasteiger partial charge in [0.25, 0.3) is 5.91 Å². The van der Waals surface area contributed by atoms with Crippen molar-refractivity contribution in [3.05, 3.63) is 44.8 Å². The van der Waals surface area contributed by atoms with Gasteiger partial charge < -0.3 is 11.1 Å². The minimum Gasteiger partial charge on any atom is -0.398 e. The fourth-order valence-electron chi connectivity index (χ4n) is 1.49. The smallest absolute Gasteiger partial charge is 0.253 e. The molecule has 1 heterocycles. The average molecular weight is 326 g/mol. The summed E-state index contributed by atoms with van der Waals surface area (Å²) in [5, 5.41) is 4.80. The molecule has 3 N–H and O–H groups in total. The van der Waals surface area contributed by atoms with Crippen molar-refractivity contribution in [1.29, 1.82) is 0 Å². The Morgan fingerprint density at radius 1 is 1.50 bits per heavy atom. The number of carbonyl (C=O) groups is 1. The zero-order valence-electron chi connectivity index (χ0n) is 9.52. The summed E-state index contributed by atoms with van der Waals surface area (Å²) >= 11 is 4.87. The lowest BCUT2D eigenvalue weighted by molar-refractivity contribution is 0.0955. The lowest BCUT2D eigenvalue weighted by Crippen LogP contribution is -2.26. The number of halogens is 1. The van der Waals surface area contributed by atoms with E-state index in [-0.39, 0.29) is 5.91 Å². The molecule has 0 saturated carbocycles. The first kappa shape index (κ1) is 13.0. The van der Waals surface area contributed by atoms with Crippen molar-refractivity contribution in [2.45, 2.75) is 6.42 Å². The van der Waals surface area contributed by atoms with Gasteiger partial charge in [0.15, 0.2) is 0 Å². The third kappa shape index (κ3) is 3.30. The van der Waals surface area contributed by atoms with Gasteiger partial charge in [-0.1, -0.05) is 15.9 Å². The van der Waals surface area contributed by atoms with E-state index in [1.807, 2.05) is 5.38 Å². The Labute approximate surface area is 117 Å². The molecule has 0 aliphatic rings. The Kier molecular flexibility index (Phi) is 4.33. The zero-order chi connectivity index (χ0) is 13.0. The van der Waals surface area contributed by atoms with Crippen molar-refractivity contribution in [2.24, 2.45) is 0 Å². The molecule has 0 fully saturated rings. The minimum absolute atomic E-state index is 0.163. The lowest BCUT2D eigenvalue weighted by Gasteiger charge is -2.07. The maximum absolute atomic E-state index is 11.9. The van der Waals surface area contributed by atoms with Crippen LogP contribution in [0.15, 0.2) is 33.6 Å². The van der Waals surface area contributed by atoms with Crippen molar-refractivity contribution in [2.75, 3.05) is 12.3 Å². The largest absolute Gasteiger partial charge is 0.398 e. The Balaban J connectivity index is 1.93. The molecular formula is C12H12BrN3OS. The molecule has 18 heavy (non-hydrogen) atoms.